The molecule has 0 bridgehead atoms. The molecule has 0 nitrogen and oxygen atoms in total. The molecule has 0 atom stereocenters. The van der Waals surface area contributed by atoms with Crippen LogP contribution in [0.5, 0.6) is 0 Å². The van der Waals surface area contributed by atoms with Crippen LogP contribution in [0.4, 0.5) is 0 Å². The minimum atomic E-state index is 0. The molecule has 0 saturated heterocycles. The summed E-state index contributed by atoms with van der Waals surface area (Å²) in [4.78, 5) is 0. The first-order valence-corrected chi connectivity index (χ1v) is 0. The molecule has 10 heteroatoms. The second-order valence-corrected chi connectivity index (χ2v) is 0. The van der Waals surface area contributed by atoms with Gasteiger partial charge in [-0.25, -0.2) is 0 Å². The van der Waals surface area contributed by atoms with E-state index in [2.05, 4.69) is 0 Å². The zero-order chi connectivity index (χ0) is 0. The monoisotopic (exact) mass is 247 g/mol. The van der Waals surface area contributed by atoms with Crippen molar-refractivity contribution in [3.8, 4) is 0 Å². The van der Waals surface area contributed by atoms with Gasteiger partial charge in [0.25, 0.3) is 0 Å². The van der Waals surface area contributed by atoms with Gasteiger partial charge in [-0.3, -0.25) is 0 Å². The Balaban J connectivity index is 0. The molecular formula is CaNa9. The number of rotatable bonds is 0. The van der Waals surface area contributed by atoms with Crippen molar-refractivity contribution in [2.75, 3.05) is 0 Å². The largest absolute Gasteiger partial charge is 0 e. The van der Waals surface area contributed by atoms with Crippen LogP contribution >= 0.6 is 0 Å². The van der Waals surface area contributed by atoms with Crippen LogP contribution < -0.4 is 0 Å². The predicted molar refractivity (Wildman–Crippen MR) is 57.5 cm³/mol. The Morgan fingerprint density at radius 2 is 0.200 bits per heavy atom. The molecule has 11 valence electrons. The van der Waals surface area contributed by atoms with E-state index in [0.717, 1.165) is 0 Å². The van der Waals surface area contributed by atoms with E-state index in [-0.39, 0.29) is 304 Å². The predicted octanol–water partition coefficient (Wildman–Crippen LogP) is -3.81. The maximum absolute atomic E-state index is 0. The summed E-state index contributed by atoms with van der Waals surface area (Å²) in [5.41, 5.74) is 0. The summed E-state index contributed by atoms with van der Waals surface area (Å²) in [6.45, 7) is 0. The van der Waals surface area contributed by atoms with Crippen LogP contribution in [0, 0.1) is 0 Å². The fraction of sp³-hybridized carbons (Fsp3) is 0. The molecule has 0 spiro atoms. The molecule has 0 aromatic carbocycles. The molecule has 0 amide bonds. The molecule has 0 fully saturated rings. The molecule has 0 aliphatic carbocycles. The fourth-order valence-corrected chi connectivity index (χ4v) is 0. The van der Waals surface area contributed by atoms with E-state index in [1.807, 2.05) is 0 Å². The molecule has 11 radical (unpaired) electrons. The molecular weight excluding hydrogens is 247 g/mol. The van der Waals surface area contributed by atoms with Gasteiger partial charge < -0.3 is 0 Å². The molecule has 0 rings (SSSR count). The summed E-state index contributed by atoms with van der Waals surface area (Å²) in [5, 5.41) is 0. The summed E-state index contributed by atoms with van der Waals surface area (Å²) in [5.74, 6) is 0. The Bertz CT molecular complexity index is 4.69. The maximum atomic E-state index is 0. The minimum absolute atomic E-state index is 0. The van der Waals surface area contributed by atoms with Crippen LogP contribution in [-0.4, -0.2) is 304 Å². The van der Waals surface area contributed by atoms with Gasteiger partial charge in [-0.2, -0.15) is 0 Å². The summed E-state index contributed by atoms with van der Waals surface area (Å²) in [6.07, 6.45) is 0. The quantitative estimate of drug-likeness (QED) is 0.385. The summed E-state index contributed by atoms with van der Waals surface area (Å²) in [7, 11) is 0. The van der Waals surface area contributed by atoms with Crippen molar-refractivity contribution in [3.05, 3.63) is 0 Å². The maximum Gasteiger partial charge on any atom is 0 e. The van der Waals surface area contributed by atoms with Crippen molar-refractivity contribution < 1.29 is 0 Å². The van der Waals surface area contributed by atoms with Gasteiger partial charge in [-0.15, -0.1) is 0 Å². The Kier molecular flexibility index (Phi) is 436. The van der Waals surface area contributed by atoms with E-state index in [1.165, 1.54) is 0 Å². The average Bonchev–Trinajstić information content (AvgIpc) is 0. The smallest absolute Gasteiger partial charge is 0 e. The van der Waals surface area contributed by atoms with Gasteiger partial charge in [0.1, 0.15) is 0 Å². The number of hydrogen-bond donors (Lipinski definition) is 0. The van der Waals surface area contributed by atoms with E-state index in [1.54, 1.807) is 0 Å². The first-order valence-electron chi connectivity index (χ1n) is 0. The molecule has 0 saturated carbocycles. The molecule has 0 aromatic heterocycles. The van der Waals surface area contributed by atoms with Gasteiger partial charge >= 0.3 is 0 Å². The Morgan fingerprint density at radius 1 is 0.200 bits per heavy atom. The van der Waals surface area contributed by atoms with Crippen molar-refractivity contribution in [1.82, 2.24) is 0 Å². The SMILES string of the molecule is [Ca].[Na].[Na].[Na].[Na].[Na].[Na].[Na].[Na].[Na]. The molecule has 0 heterocycles. The van der Waals surface area contributed by atoms with Gasteiger partial charge in [-0.1, -0.05) is 0 Å². The van der Waals surface area contributed by atoms with Gasteiger partial charge in [0.2, 0.25) is 0 Å². The molecule has 0 unspecified atom stereocenters. The van der Waals surface area contributed by atoms with Crippen LogP contribution in [0.1, 0.15) is 0 Å². The van der Waals surface area contributed by atoms with Crippen LogP contribution in [0.25, 0.3) is 0 Å². The fourth-order valence-electron chi connectivity index (χ4n) is 0. The van der Waals surface area contributed by atoms with Crippen LogP contribution in [0.15, 0.2) is 0 Å². The third kappa shape index (κ3) is 51.7. The van der Waals surface area contributed by atoms with Crippen molar-refractivity contribution in [2.24, 2.45) is 0 Å². The summed E-state index contributed by atoms with van der Waals surface area (Å²) < 4.78 is 0. The van der Waals surface area contributed by atoms with Crippen LogP contribution in [0.2, 0.25) is 0 Å². The summed E-state index contributed by atoms with van der Waals surface area (Å²) in [6, 6.07) is 0. The second-order valence-electron chi connectivity index (χ2n) is 0. The van der Waals surface area contributed by atoms with E-state index >= 15 is 0 Å². The number of hydrogen-bond acceptors (Lipinski definition) is 0. The summed E-state index contributed by atoms with van der Waals surface area (Å²) >= 11 is 0. The van der Waals surface area contributed by atoms with E-state index in [4.69, 9.17) is 0 Å². The van der Waals surface area contributed by atoms with E-state index in [0.29, 0.717) is 0 Å². The molecule has 0 aliphatic rings. The topological polar surface area (TPSA) is 0 Å². The third-order valence-electron chi connectivity index (χ3n) is 0. The first-order chi connectivity index (χ1) is 0. The zero-order valence-corrected chi connectivity index (χ0v) is 29.9. The van der Waals surface area contributed by atoms with E-state index in [9.17, 15) is 0 Å². The first kappa shape index (κ1) is 71.4. The van der Waals surface area contributed by atoms with Crippen molar-refractivity contribution in [3.63, 3.8) is 0 Å². The zero-order valence-electron chi connectivity index (χ0n) is 9.71. The van der Waals surface area contributed by atoms with Gasteiger partial charge in [-0.05, 0) is 0 Å². The van der Waals surface area contributed by atoms with Gasteiger partial charge in [0, 0.05) is 304 Å². The van der Waals surface area contributed by atoms with Crippen molar-refractivity contribution in [1.29, 1.82) is 0 Å². The second kappa shape index (κ2) is 61.0. The van der Waals surface area contributed by atoms with Gasteiger partial charge in [0.05, 0.1) is 0 Å². The Labute approximate surface area is 293 Å². The normalized spacial score (nSPS) is 0. The molecule has 10 heavy (non-hydrogen) atoms. The Hall–Kier alpha value is 10.3. The van der Waals surface area contributed by atoms with Crippen molar-refractivity contribution >= 4 is 304 Å². The van der Waals surface area contributed by atoms with Crippen molar-refractivity contribution in [2.45, 2.75) is 0 Å². The van der Waals surface area contributed by atoms with Crippen LogP contribution in [0.3, 0.4) is 0 Å². The van der Waals surface area contributed by atoms with Crippen LogP contribution in [-0.2, 0) is 0 Å². The van der Waals surface area contributed by atoms with E-state index < -0.39 is 0 Å². The third-order valence-corrected chi connectivity index (χ3v) is 0. The molecule has 0 N–H and O–H groups in total. The van der Waals surface area contributed by atoms with Gasteiger partial charge in [0.15, 0.2) is 0 Å². The molecule has 0 aromatic rings. The Morgan fingerprint density at radius 3 is 0.200 bits per heavy atom. The average molecular weight is 247 g/mol. The minimum Gasteiger partial charge on any atom is 0 e. The molecule has 0 aliphatic heterocycles. The standard InChI is InChI=1S/Ca.9Na.